The van der Waals surface area contributed by atoms with Gasteiger partial charge in [-0.05, 0) is 59.0 Å². The van der Waals surface area contributed by atoms with E-state index in [0.29, 0.717) is 29.8 Å². The second-order valence-corrected chi connectivity index (χ2v) is 7.14. The minimum Gasteiger partial charge on any atom is -0.493 e. The first kappa shape index (κ1) is 18.2. The zero-order valence-electron chi connectivity index (χ0n) is 16.8. The van der Waals surface area contributed by atoms with Crippen molar-refractivity contribution >= 4 is 5.69 Å². The van der Waals surface area contributed by atoms with Crippen LogP contribution in [0.5, 0.6) is 11.5 Å². The van der Waals surface area contributed by atoms with Crippen LogP contribution in [0, 0.1) is 0 Å². The lowest BCUT2D eigenvalue weighted by Crippen LogP contribution is -2.00. The molecule has 4 aromatic rings. The van der Waals surface area contributed by atoms with Gasteiger partial charge in [0.05, 0.1) is 20.8 Å². The fourth-order valence-corrected chi connectivity index (χ4v) is 3.85. The Morgan fingerprint density at radius 3 is 2.60 bits per heavy atom. The number of methoxy groups -OCH3 is 2. The van der Waals surface area contributed by atoms with Crippen LogP contribution in [-0.2, 0) is 13.0 Å². The van der Waals surface area contributed by atoms with Crippen molar-refractivity contribution in [1.29, 1.82) is 0 Å². The van der Waals surface area contributed by atoms with Gasteiger partial charge in [0.2, 0.25) is 11.7 Å². The monoisotopic (exact) mass is 399 g/mol. The van der Waals surface area contributed by atoms with Crippen molar-refractivity contribution in [2.45, 2.75) is 13.0 Å². The lowest BCUT2D eigenvalue weighted by atomic mass is 10.1. The molecule has 6 nitrogen and oxygen atoms in total. The molecular formula is C24H21N3O3. The molecule has 1 aliphatic carbocycles. The van der Waals surface area contributed by atoms with E-state index in [1.807, 2.05) is 18.2 Å². The van der Waals surface area contributed by atoms with Crippen LogP contribution in [0.1, 0.15) is 17.0 Å². The van der Waals surface area contributed by atoms with Crippen molar-refractivity contribution in [2.24, 2.45) is 0 Å². The van der Waals surface area contributed by atoms with Gasteiger partial charge in [0.1, 0.15) is 0 Å². The summed E-state index contributed by atoms with van der Waals surface area (Å²) in [5.74, 6) is 2.31. The molecule has 0 saturated heterocycles. The van der Waals surface area contributed by atoms with Crippen LogP contribution in [0.15, 0.2) is 65.2 Å². The van der Waals surface area contributed by atoms with Gasteiger partial charge in [-0.2, -0.15) is 4.98 Å². The van der Waals surface area contributed by atoms with E-state index in [1.165, 1.54) is 22.3 Å². The Hall–Kier alpha value is -3.80. The molecule has 1 aromatic heterocycles. The second-order valence-electron chi connectivity index (χ2n) is 7.14. The Balaban J connectivity index is 1.30. The number of fused-ring (bicyclic) bond motifs is 3. The van der Waals surface area contributed by atoms with Crippen LogP contribution >= 0.6 is 0 Å². The van der Waals surface area contributed by atoms with Gasteiger partial charge >= 0.3 is 0 Å². The van der Waals surface area contributed by atoms with Crippen LogP contribution < -0.4 is 14.8 Å². The van der Waals surface area contributed by atoms with Gasteiger partial charge in [-0.25, -0.2) is 0 Å². The lowest BCUT2D eigenvalue weighted by Gasteiger charge is -2.07. The number of anilines is 1. The predicted molar refractivity (Wildman–Crippen MR) is 115 cm³/mol. The van der Waals surface area contributed by atoms with E-state index in [-0.39, 0.29) is 0 Å². The summed E-state index contributed by atoms with van der Waals surface area (Å²) in [4.78, 5) is 4.49. The van der Waals surface area contributed by atoms with Gasteiger partial charge in [-0.15, -0.1) is 0 Å². The normalized spacial score (nSPS) is 11.7. The van der Waals surface area contributed by atoms with Gasteiger partial charge in [0.15, 0.2) is 11.5 Å². The summed E-state index contributed by atoms with van der Waals surface area (Å²) in [7, 11) is 3.20. The van der Waals surface area contributed by atoms with E-state index >= 15 is 0 Å². The molecule has 6 heteroatoms. The third-order valence-corrected chi connectivity index (χ3v) is 5.35. The molecular weight excluding hydrogens is 378 g/mol. The van der Waals surface area contributed by atoms with Gasteiger partial charge in [0.25, 0.3) is 0 Å². The molecule has 0 atom stereocenters. The number of hydrogen-bond donors (Lipinski definition) is 1. The van der Waals surface area contributed by atoms with Crippen LogP contribution in [0.4, 0.5) is 5.69 Å². The molecule has 30 heavy (non-hydrogen) atoms. The molecule has 0 radical (unpaired) electrons. The number of ether oxygens (including phenoxy) is 2. The molecule has 0 aliphatic heterocycles. The Morgan fingerprint density at radius 1 is 0.900 bits per heavy atom. The summed E-state index contributed by atoms with van der Waals surface area (Å²) in [6, 6.07) is 20.5. The number of nitrogens with one attached hydrogen (secondary N) is 1. The SMILES string of the molecule is COc1ccc(-c2noc(CNc3ccc4c(c3)Cc3ccccc3-4)n2)cc1OC. The molecule has 1 heterocycles. The van der Waals surface area contributed by atoms with Crippen LogP contribution in [0.25, 0.3) is 22.5 Å². The van der Waals surface area contributed by atoms with E-state index in [2.05, 4.69) is 57.9 Å². The van der Waals surface area contributed by atoms with Gasteiger partial charge < -0.3 is 19.3 Å². The van der Waals surface area contributed by atoms with Crippen molar-refractivity contribution in [3.05, 3.63) is 77.7 Å². The molecule has 0 spiro atoms. The summed E-state index contributed by atoms with van der Waals surface area (Å²) < 4.78 is 16.0. The largest absolute Gasteiger partial charge is 0.493 e. The summed E-state index contributed by atoms with van der Waals surface area (Å²) in [6.45, 7) is 0.450. The Kier molecular flexibility index (Phi) is 4.59. The standard InChI is InChI=1S/C24H21N3O3/c1-28-21-10-7-16(13-22(21)29-2)24-26-23(30-27-24)14-25-18-8-9-20-17(12-18)11-15-5-3-4-6-19(15)20/h3-10,12-13,25H,11,14H2,1-2H3. The number of hydrogen-bond acceptors (Lipinski definition) is 6. The van der Waals surface area contributed by atoms with Crippen LogP contribution in [-0.4, -0.2) is 24.4 Å². The molecule has 0 saturated carbocycles. The lowest BCUT2D eigenvalue weighted by molar-refractivity contribution is 0.355. The van der Waals surface area contributed by atoms with Crippen molar-refractivity contribution in [3.8, 4) is 34.0 Å². The second kappa shape index (κ2) is 7.55. The van der Waals surface area contributed by atoms with E-state index in [1.54, 1.807) is 14.2 Å². The molecule has 1 N–H and O–H groups in total. The highest BCUT2D eigenvalue weighted by Crippen LogP contribution is 2.37. The molecule has 5 rings (SSSR count). The summed E-state index contributed by atoms with van der Waals surface area (Å²) >= 11 is 0. The van der Waals surface area contributed by atoms with E-state index in [0.717, 1.165) is 17.7 Å². The molecule has 3 aromatic carbocycles. The first-order valence-electron chi connectivity index (χ1n) is 9.75. The topological polar surface area (TPSA) is 69.4 Å². The maximum Gasteiger partial charge on any atom is 0.246 e. The quantitative estimate of drug-likeness (QED) is 0.436. The molecule has 0 fully saturated rings. The number of benzene rings is 3. The maximum absolute atomic E-state index is 5.42. The summed E-state index contributed by atoms with van der Waals surface area (Å²) in [5.41, 5.74) is 7.18. The molecule has 0 unspecified atom stereocenters. The van der Waals surface area contributed by atoms with Crippen molar-refractivity contribution in [2.75, 3.05) is 19.5 Å². The number of aromatic nitrogens is 2. The number of rotatable bonds is 6. The third kappa shape index (κ3) is 3.26. The van der Waals surface area contributed by atoms with Gasteiger partial charge in [0, 0.05) is 11.3 Å². The smallest absolute Gasteiger partial charge is 0.246 e. The Morgan fingerprint density at radius 2 is 1.73 bits per heavy atom. The average Bonchev–Trinajstić information content (AvgIpc) is 3.41. The highest BCUT2D eigenvalue weighted by Gasteiger charge is 2.18. The van der Waals surface area contributed by atoms with Crippen molar-refractivity contribution in [3.63, 3.8) is 0 Å². The predicted octanol–water partition coefficient (Wildman–Crippen LogP) is 4.94. The average molecular weight is 399 g/mol. The van der Waals surface area contributed by atoms with E-state index in [4.69, 9.17) is 14.0 Å². The first-order chi connectivity index (χ1) is 14.7. The summed E-state index contributed by atoms with van der Waals surface area (Å²) in [5, 5.41) is 7.47. The van der Waals surface area contributed by atoms with Crippen LogP contribution in [0.2, 0.25) is 0 Å². The van der Waals surface area contributed by atoms with Crippen molar-refractivity contribution in [1.82, 2.24) is 10.1 Å². The Bertz CT molecular complexity index is 1220. The fourth-order valence-electron chi connectivity index (χ4n) is 3.85. The molecule has 1 aliphatic rings. The van der Waals surface area contributed by atoms with E-state index < -0.39 is 0 Å². The zero-order chi connectivity index (χ0) is 20.5. The highest BCUT2D eigenvalue weighted by atomic mass is 16.5. The van der Waals surface area contributed by atoms with Gasteiger partial charge in [-0.3, -0.25) is 0 Å². The Labute approximate surface area is 174 Å². The first-order valence-corrected chi connectivity index (χ1v) is 9.75. The fraction of sp³-hybridized carbons (Fsp3) is 0.167. The van der Waals surface area contributed by atoms with E-state index in [9.17, 15) is 0 Å². The highest BCUT2D eigenvalue weighted by molar-refractivity contribution is 5.78. The molecule has 0 amide bonds. The minimum atomic E-state index is 0.450. The van der Waals surface area contributed by atoms with Gasteiger partial charge in [-0.1, -0.05) is 35.5 Å². The van der Waals surface area contributed by atoms with Crippen LogP contribution in [0.3, 0.4) is 0 Å². The third-order valence-electron chi connectivity index (χ3n) is 5.35. The zero-order valence-corrected chi connectivity index (χ0v) is 16.8. The minimum absolute atomic E-state index is 0.450. The van der Waals surface area contributed by atoms with Crippen molar-refractivity contribution < 1.29 is 14.0 Å². The summed E-state index contributed by atoms with van der Waals surface area (Å²) in [6.07, 6.45) is 0.963. The number of nitrogens with zero attached hydrogens (tertiary/aromatic N) is 2. The molecule has 0 bridgehead atoms. The maximum atomic E-state index is 5.42. The molecule has 150 valence electrons.